The molecule has 0 aliphatic carbocycles. The Morgan fingerprint density at radius 1 is 1.00 bits per heavy atom. The van der Waals surface area contributed by atoms with Crippen molar-refractivity contribution < 1.29 is 18.7 Å². The predicted octanol–water partition coefficient (Wildman–Crippen LogP) is 4.41. The molecule has 3 aromatic carbocycles. The summed E-state index contributed by atoms with van der Waals surface area (Å²) in [5, 5.41) is 0. The van der Waals surface area contributed by atoms with Gasteiger partial charge in [-0.1, -0.05) is 24.3 Å². The summed E-state index contributed by atoms with van der Waals surface area (Å²) >= 11 is 0. The van der Waals surface area contributed by atoms with Crippen molar-refractivity contribution in [2.24, 2.45) is 4.99 Å². The van der Waals surface area contributed by atoms with Crippen molar-refractivity contribution in [1.82, 2.24) is 9.80 Å². The molecule has 2 heterocycles. The highest BCUT2D eigenvalue weighted by Crippen LogP contribution is 2.39. The van der Waals surface area contributed by atoms with E-state index in [2.05, 4.69) is 4.90 Å². The SMILES string of the molecule is COc1ccc2c(c1)Oc1ccccc1N=C2N1CCN(C(=O)Cc2ccc(F)cc2)CC1. The highest BCUT2D eigenvalue weighted by molar-refractivity contribution is 6.04. The standard InChI is InChI=1S/C26H24FN3O3/c1-32-20-10-11-21-24(17-20)33-23-5-3-2-4-22(23)28-26(21)30-14-12-29(13-15-30)25(31)16-18-6-8-19(27)9-7-18/h2-11,17H,12-16H2,1H3. The van der Waals surface area contributed by atoms with Gasteiger partial charge in [0.15, 0.2) is 5.75 Å². The number of halogens is 1. The van der Waals surface area contributed by atoms with Crippen LogP contribution in [0.25, 0.3) is 0 Å². The van der Waals surface area contributed by atoms with Gasteiger partial charge in [-0.3, -0.25) is 4.79 Å². The van der Waals surface area contributed by atoms with Crippen LogP contribution in [0.5, 0.6) is 17.2 Å². The Hall–Kier alpha value is -3.87. The van der Waals surface area contributed by atoms with Gasteiger partial charge in [-0.05, 0) is 42.0 Å². The molecule has 0 bridgehead atoms. The van der Waals surface area contributed by atoms with Crippen LogP contribution in [0, 0.1) is 5.82 Å². The molecule has 0 N–H and O–H groups in total. The molecular weight excluding hydrogens is 421 g/mol. The van der Waals surface area contributed by atoms with E-state index < -0.39 is 0 Å². The second kappa shape index (κ2) is 8.94. The Bertz CT molecular complexity index is 1200. The number of benzene rings is 3. The monoisotopic (exact) mass is 445 g/mol. The number of piperazine rings is 1. The third-order valence-corrected chi connectivity index (χ3v) is 5.94. The average Bonchev–Trinajstić information content (AvgIpc) is 3.01. The van der Waals surface area contributed by atoms with Crippen molar-refractivity contribution in [3.8, 4) is 17.2 Å². The van der Waals surface area contributed by atoms with E-state index >= 15 is 0 Å². The van der Waals surface area contributed by atoms with Crippen molar-refractivity contribution in [3.05, 3.63) is 83.7 Å². The molecule has 0 radical (unpaired) electrons. The van der Waals surface area contributed by atoms with Gasteiger partial charge in [-0.25, -0.2) is 9.38 Å². The minimum absolute atomic E-state index is 0.0443. The summed E-state index contributed by atoms with van der Waals surface area (Å²) in [5.41, 5.74) is 2.46. The Morgan fingerprint density at radius 2 is 1.76 bits per heavy atom. The van der Waals surface area contributed by atoms with E-state index in [0.29, 0.717) is 43.4 Å². The van der Waals surface area contributed by atoms with Crippen LogP contribution in [-0.4, -0.2) is 54.8 Å². The number of aliphatic imine (C=N–C) groups is 1. The lowest BCUT2D eigenvalue weighted by Crippen LogP contribution is -2.51. The molecule has 0 atom stereocenters. The van der Waals surface area contributed by atoms with Crippen molar-refractivity contribution in [3.63, 3.8) is 0 Å². The highest BCUT2D eigenvalue weighted by Gasteiger charge is 2.27. The maximum atomic E-state index is 13.1. The second-order valence-electron chi connectivity index (χ2n) is 8.04. The van der Waals surface area contributed by atoms with Gasteiger partial charge in [0.1, 0.15) is 28.8 Å². The van der Waals surface area contributed by atoms with E-state index in [4.69, 9.17) is 14.5 Å². The first-order valence-corrected chi connectivity index (χ1v) is 10.9. The molecule has 0 spiro atoms. The first-order chi connectivity index (χ1) is 16.1. The van der Waals surface area contributed by atoms with E-state index in [0.717, 1.165) is 22.6 Å². The fourth-order valence-corrected chi connectivity index (χ4v) is 4.12. The van der Waals surface area contributed by atoms with E-state index in [-0.39, 0.29) is 18.1 Å². The van der Waals surface area contributed by atoms with Gasteiger partial charge < -0.3 is 19.3 Å². The largest absolute Gasteiger partial charge is 0.497 e. The molecule has 2 aliphatic heterocycles. The maximum absolute atomic E-state index is 13.1. The second-order valence-corrected chi connectivity index (χ2v) is 8.04. The summed E-state index contributed by atoms with van der Waals surface area (Å²) in [6.45, 7) is 2.49. The number of nitrogens with zero attached hydrogens (tertiary/aromatic N) is 3. The van der Waals surface area contributed by atoms with Gasteiger partial charge in [-0.2, -0.15) is 0 Å². The van der Waals surface area contributed by atoms with Gasteiger partial charge in [0.05, 0.1) is 19.1 Å². The first-order valence-electron chi connectivity index (χ1n) is 10.9. The normalized spacial score (nSPS) is 15.0. The Morgan fingerprint density at radius 3 is 2.52 bits per heavy atom. The molecule has 2 aliphatic rings. The molecule has 5 rings (SSSR count). The van der Waals surface area contributed by atoms with Crippen LogP contribution in [0.4, 0.5) is 10.1 Å². The minimum Gasteiger partial charge on any atom is -0.497 e. The number of rotatable bonds is 3. The van der Waals surface area contributed by atoms with Crippen LogP contribution >= 0.6 is 0 Å². The van der Waals surface area contributed by atoms with Crippen molar-refractivity contribution in [2.75, 3.05) is 33.3 Å². The summed E-state index contributed by atoms with van der Waals surface area (Å²) in [6.07, 6.45) is 0.269. The summed E-state index contributed by atoms with van der Waals surface area (Å²) in [7, 11) is 1.63. The fourth-order valence-electron chi connectivity index (χ4n) is 4.12. The molecule has 33 heavy (non-hydrogen) atoms. The molecule has 0 saturated carbocycles. The van der Waals surface area contributed by atoms with Gasteiger partial charge >= 0.3 is 0 Å². The van der Waals surface area contributed by atoms with Crippen molar-refractivity contribution in [2.45, 2.75) is 6.42 Å². The van der Waals surface area contributed by atoms with Gasteiger partial charge in [0, 0.05) is 32.2 Å². The number of carbonyl (C=O) groups is 1. The molecule has 168 valence electrons. The Balaban J connectivity index is 1.35. The topological polar surface area (TPSA) is 54.4 Å². The van der Waals surface area contributed by atoms with Crippen LogP contribution in [0.2, 0.25) is 0 Å². The number of hydrogen-bond donors (Lipinski definition) is 0. The number of amides is 1. The van der Waals surface area contributed by atoms with E-state index in [9.17, 15) is 9.18 Å². The zero-order valence-corrected chi connectivity index (χ0v) is 18.3. The zero-order valence-electron chi connectivity index (χ0n) is 18.3. The average molecular weight is 445 g/mol. The van der Waals surface area contributed by atoms with Crippen LogP contribution in [0.1, 0.15) is 11.1 Å². The molecule has 0 unspecified atom stereocenters. The summed E-state index contributed by atoms with van der Waals surface area (Å²) in [6, 6.07) is 19.5. The van der Waals surface area contributed by atoms with E-state index in [1.807, 2.05) is 47.4 Å². The van der Waals surface area contributed by atoms with Gasteiger partial charge in [-0.15, -0.1) is 0 Å². The van der Waals surface area contributed by atoms with Crippen LogP contribution in [0.15, 0.2) is 71.7 Å². The number of para-hydroxylation sites is 2. The first kappa shape index (κ1) is 21.0. The van der Waals surface area contributed by atoms with Crippen molar-refractivity contribution >= 4 is 17.4 Å². The summed E-state index contributed by atoms with van der Waals surface area (Å²) in [4.78, 5) is 21.8. The molecular formula is C26H24FN3O3. The zero-order chi connectivity index (χ0) is 22.8. The lowest BCUT2D eigenvalue weighted by atomic mass is 10.1. The van der Waals surface area contributed by atoms with Crippen LogP contribution in [0.3, 0.4) is 0 Å². The van der Waals surface area contributed by atoms with Gasteiger partial charge in [0.25, 0.3) is 0 Å². The molecule has 1 amide bonds. The predicted molar refractivity (Wildman–Crippen MR) is 124 cm³/mol. The molecule has 0 aromatic heterocycles. The fraction of sp³-hybridized carbons (Fsp3) is 0.231. The van der Waals surface area contributed by atoms with Crippen LogP contribution < -0.4 is 9.47 Å². The third-order valence-electron chi connectivity index (χ3n) is 5.94. The molecule has 1 saturated heterocycles. The Labute approximate surface area is 191 Å². The number of ether oxygens (including phenoxy) is 2. The molecule has 7 heteroatoms. The Kier molecular flexibility index (Phi) is 5.69. The van der Waals surface area contributed by atoms with E-state index in [1.54, 1.807) is 19.2 Å². The lowest BCUT2D eigenvalue weighted by Gasteiger charge is -2.36. The quantitative estimate of drug-likeness (QED) is 0.600. The number of carbonyl (C=O) groups excluding carboxylic acids is 1. The number of fused-ring (bicyclic) bond motifs is 2. The number of amidine groups is 1. The smallest absolute Gasteiger partial charge is 0.227 e. The summed E-state index contributed by atoms with van der Waals surface area (Å²) in [5.74, 6) is 2.66. The van der Waals surface area contributed by atoms with Crippen LogP contribution in [-0.2, 0) is 11.2 Å². The summed E-state index contributed by atoms with van der Waals surface area (Å²) < 4.78 is 24.7. The molecule has 3 aromatic rings. The maximum Gasteiger partial charge on any atom is 0.227 e. The number of methoxy groups -OCH3 is 1. The molecule has 1 fully saturated rings. The number of hydrogen-bond acceptors (Lipinski definition) is 5. The van der Waals surface area contributed by atoms with Crippen molar-refractivity contribution in [1.29, 1.82) is 0 Å². The third kappa shape index (κ3) is 4.39. The van der Waals surface area contributed by atoms with E-state index in [1.165, 1.54) is 12.1 Å². The van der Waals surface area contributed by atoms with Gasteiger partial charge in [0.2, 0.25) is 5.91 Å². The highest BCUT2D eigenvalue weighted by atomic mass is 19.1. The molecule has 6 nitrogen and oxygen atoms in total. The minimum atomic E-state index is -0.299. The lowest BCUT2D eigenvalue weighted by molar-refractivity contribution is -0.131.